The van der Waals surface area contributed by atoms with Crippen LogP contribution in [0, 0.1) is 6.92 Å². The summed E-state index contributed by atoms with van der Waals surface area (Å²) >= 11 is 3.76. The van der Waals surface area contributed by atoms with E-state index in [4.69, 9.17) is 0 Å². The maximum Gasteiger partial charge on any atom is 0.0358 e. The third kappa shape index (κ3) is 1.41. The fraction of sp³-hybridized carbons (Fsp3) is 0.200. The van der Waals surface area contributed by atoms with Crippen molar-refractivity contribution in [2.24, 2.45) is 0 Å². The lowest BCUT2D eigenvalue weighted by Crippen LogP contribution is -1.72. The molecular formula is C15H14S2. The van der Waals surface area contributed by atoms with Crippen molar-refractivity contribution in [3.05, 3.63) is 34.5 Å². The first-order valence-electron chi connectivity index (χ1n) is 5.96. The van der Waals surface area contributed by atoms with Crippen molar-refractivity contribution in [1.82, 2.24) is 0 Å². The molecule has 2 aromatic carbocycles. The standard InChI is InChI=1S/C13H8S2.C2H6/c1-7-9-3-5-10-12-8(6-14-10)2-4-11(15-7)13(9)12;1-2/h2-6H,1H3;1-2H3. The minimum atomic E-state index is 1.39. The largest absolute Gasteiger partial charge is 0.143 e. The van der Waals surface area contributed by atoms with Crippen LogP contribution in [0.5, 0.6) is 0 Å². The van der Waals surface area contributed by atoms with E-state index in [1.54, 1.807) is 0 Å². The Labute approximate surface area is 109 Å². The Morgan fingerprint density at radius 1 is 0.882 bits per heavy atom. The van der Waals surface area contributed by atoms with Crippen molar-refractivity contribution >= 4 is 53.6 Å². The topological polar surface area (TPSA) is 0 Å². The van der Waals surface area contributed by atoms with Gasteiger partial charge in [-0.05, 0) is 35.2 Å². The quantitative estimate of drug-likeness (QED) is 0.360. The van der Waals surface area contributed by atoms with Gasteiger partial charge in [-0.15, -0.1) is 22.7 Å². The molecule has 0 atom stereocenters. The van der Waals surface area contributed by atoms with Gasteiger partial charge >= 0.3 is 0 Å². The van der Waals surface area contributed by atoms with Crippen molar-refractivity contribution in [2.75, 3.05) is 0 Å². The zero-order valence-electron chi connectivity index (χ0n) is 10.2. The second-order valence-corrected chi connectivity index (χ2v) is 6.08. The number of thiophene rings is 2. The van der Waals surface area contributed by atoms with Gasteiger partial charge in [-0.3, -0.25) is 0 Å². The van der Waals surface area contributed by atoms with E-state index in [9.17, 15) is 0 Å². The van der Waals surface area contributed by atoms with Crippen molar-refractivity contribution in [2.45, 2.75) is 20.8 Å². The molecule has 0 aliphatic heterocycles. The van der Waals surface area contributed by atoms with Gasteiger partial charge in [0.1, 0.15) is 0 Å². The Bertz CT molecular complexity index is 759. The summed E-state index contributed by atoms with van der Waals surface area (Å²) in [5.74, 6) is 0. The maximum absolute atomic E-state index is 2.27. The van der Waals surface area contributed by atoms with Gasteiger partial charge in [0, 0.05) is 25.0 Å². The molecule has 0 radical (unpaired) electrons. The predicted molar refractivity (Wildman–Crippen MR) is 82.0 cm³/mol. The third-order valence-electron chi connectivity index (χ3n) is 3.07. The summed E-state index contributed by atoms with van der Waals surface area (Å²) in [6, 6.07) is 9.03. The van der Waals surface area contributed by atoms with E-state index in [1.807, 2.05) is 36.5 Å². The van der Waals surface area contributed by atoms with Crippen LogP contribution < -0.4 is 0 Å². The molecule has 4 aromatic rings. The predicted octanol–water partition coefficient (Wildman–Crippen LogP) is 6.04. The smallest absolute Gasteiger partial charge is 0.0358 e. The van der Waals surface area contributed by atoms with Gasteiger partial charge in [0.15, 0.2) is 0 Å². The van der Waals surface area contributed by atoms with Crippen molar-refractivity contribution in [3.8, 4) is 0 Å². The molecule has 0 fully saturated rings. The molecule has 0 spiro atoms. The molecule has 2 heterocycles. The van der Waals surface area contributed by atoms with E-state index in [0.717, 1.165) is 0 Å². The first kappa shape index (κ1) is 11.0. The Kier molecular flexibility index (Phi) is 2.57. The monoisotopic (exact) mass is 258 g/mol. The van der Waals surface area contributed by atoms with E-state index >= 15 is 0 Å². The first-order chi connectivity index (χ1) is 8.34. The molecular weight excluding hydrogens is 244 g/mol. The van der Waals surface area contributed by atoms with Crippen LogP contribution in [0.2, 0.25) is 0 Å². The summed E-state index contributed by atoms with van der Waals surface area (Å²) < 4.78 is 2.85. The second kappa shape index (κ2) is 3.97. The van der Waals surface area contributed by atoms with Crippen LogP contribution in [0.25, 0.3) is 30.9 Å². The number of aryl methyl sites for hydroxylation is 1. The lowest BCUT2D eigenvalue weighted by molar-refractivity contribution is 1.50. The van der Waals surface area contributed by atoms with Gasteiger partial charge < -0.3 is 0 Å². The van der Waals surface area contributed by atoms with E-state index in [0.29, 0.717) is 0 Å². The Morgan fingerprint density at radius 3 is 2.47 bits per heavy atom. The van der Waals surface area contributed by atoms with Crippen LogP contribution in [0.15, 0.2) is 29.6 Å². The molecule has 0 nitrogen and oxygen atoms in total. The molecule has 0 N–H and O–H groups in total. The van der Waals surface area contributed by atoms with E-state index in [2.05, 4.69) is 36.6 Å². The number of hydrogen-bond donors (Lipinski definition) is 0. The molecule has 2 aromatic heterocycles. The van der Waals surface area contributed by atoms with Gasteiger partial charge in [0.25, 0.3) is 0 Å². The molecule has 0 aliphatic rings. The molecule has 0 bridgehead atoms. The van der Waals surface area contributed by atoms with Gasteiger partial charge in [0.05, 0.1) is 0 Å². The minimum Gasteiger partial charge on any atom is -0.143 e. The Hall–Kier alpha value is -1.12. The summed E-state index contributed by atoms with van der Waals surface area (Å²) in [6.07, 6.45) is 0. The average Bonchev–Trinajstić information content (AvgIpc) is 2.91. The maximum atomic E-state index is 2.27. The molecule has 0 aliphatic carbocycles. The molecule has 2 heteroatoms. The van der Waals surface area contributed by atoms with Gasteiger partial charge in [-0.25, -0.2) is 0 Å². The molecule has 17 heavy (non-hydrogen) atoms. The molecule has 0 saturated carbocycles. The lowest BCUT2D eigenvalue weighted by atomic mass is 10.0. The molecule has 0 unspecified atom stereocenters. The molecule has 0 saturated heterocycles. The number of hydrogen-bond acceptors (Lipinski definition) is 2. The first-order valence-corrected chi connectivity index (χ1v) is 7.65. The van der Waals surface area contributed by atoms with Crippen molar-refractivity contribution in [3.63, 3.8) is 0 Å². The highest BCUT2D eigenvalue weighted by atomic mass is 32.1. The molecule has 86 valence electrons. The van der Waals surface area contributed by atoms with Gasteiger partial charge in [-0.1, -0.05) is 26.0 Å². The van der Waals surface area contributed by atoms with Crippen LogP contribution in [0.3, 0.4) is 0 Å². The molecule has 4 rings (SSSR count). The zero-order valence-corrected chi connectivity index (χ0v) is 11.8. The molecule has 0 amide bonds. The highest BCUT2D eigenvalue weighted by molar-refractivity contribution is 7.21. The minimum absolute atomic E-state index is 1.39. The average molecular weight is 258 g/mol. The summed E-state index contributed by atoms with van der Waals surface area (Å²) in [7, 11) is 0. The lowest BCUT2D eigenvalue weighted by Gasteiger charge is -1.98. The van der Waals surface area contributed by atoms with Crippen LogP contribution in [0.1, 0.15) is 18.7 Å². The highest BCUT2D eigenvalue weighted by Gasteiger charge is 2.12. The fourth-order valence-electron chi connectivity index (χ4n) is 2.38. The van der Waals surface area contributed by atoms with Crippen LogP contribution in [0.4, 0.5) is 0 Å². The van der Waals surface area contributed by atoms with Crippen LogP contribution in [-0.2, 0) is 0 Å². The van der Waals surface area contributed by atoms with E-state index < -0.39 is 0 Å². The SMILES string of the molecule is CC.Cc1sc2ccc3csc4ccc1c2c34. The Balaban J connectivity index is 0.000000431. The normalized spacial score (nSPS) is 11.2. The van der Waals surface area contributed by atoms with Gasteiger partial charge in [-0.2, -0.15) is 0 Å². The second-order valence-electron chi connectivity index (χ2n) is 3.91. The van der Waals surface area contributed by atoms with E-state index in [1.165, 1.54) is 35.8 Å². The highest BCUT2D eigenvalue weighted by Crippen LogP contribution is 2.42. The summed E-state index contributed by atoms with van der Waals surface area (Å²) in [4.78, 5) is 1.44. The zero-order chi connectivity index (χ0) is 12.0. The Morgan fingerprint density at radius 2 is 1.65 bits per heavy atom. The summed E-state index contributed by atoms with van der Waals surface area (Å²) in [5, 5.41) is 8.04. The van der Waals surface area contributed by atoms with Crippen molar-refractivity contribution < 1.29 is 0 Å². The fourth-order valence-corrected chi connectivity index (χ4v) is 4.37. The summed E-state index contributed by atoms with van der Waals surface area (Å²) in [5.41, 5.74) is 0. The van der Waals surface area contributed by atoms with Crippen LogP contribution in [-0.4, -0.2) is 0 Å². The number of rotatable bonds is 0. The third-order valence-corrected chi connectivity index (χ3v) is 5.12. The van der Waals surface area contributed by atoms with E-state index in [-0.39, 0.29) is 0 Å². The van der Waals surface area contributed by atoms with Crippen molar-refractivity contribution in [1.29, 1.82) is 0 Å². The van der Waals surface area contributed by atoms with Crippen LogP contribution >= 0.6 is 22.7 Å². The van der Waals surface area contributed by atoms with Gasteiger partial charge in [0.2, 0.25) is 0 Å². The summed E-state index contributed by atoms with van der Waals surface area (Å²) in [6.45, 7) is 6.22. The number of benzene rings is 2.